The first kappa shape index (κ1) is 13.8. The average Bonchev–Trinajstić information content (AvgIpc) is 2.25. The number of anilines is 1. The summed E-state index contributed by atoms with van der Waals surface area (Å²) in [5.74, 6) is 1.45. The minimum Gasteiger partial charge on any atom is -0.370 e. The molecule has 1 atom stereocenters. The minimum absolute atomic E-state index is 0.444. The monoisotopic (exact) mass is 246 g/mol. The Bertz CT molecular complexity index is 344. The van der Waals surface area contributed by atoms with Gasteiger partial charge in [0.1, 0.15) is 5.82 Å². The van der Waals surface area contributed by atoms with Crippen molar-refractivity contribution >= 4 is 5.82 Å². The van der Waals surface area contributed by atoms with Gasteiger partial charge in [0.25, 0.3) is 0 Å². The zero-order valence-electron chi connectivity index (χ0n) is 10.2. The molecular formula is C12H17F3N2. The minimum atomic E-state index is -4.32. The lowest BCUT2D eigenvalue weighted by Gasteiger charge is -2.16. The van der Waals surface area contributed by atoms with E-state index in [-0.39, 0.29) is 0 Å². The Kier molecular flexibility index (Phi) is 4.37. The summed E-state index contributed by atoms with van der Waals surface area (Å²) in [7, 11) is 0. The molecule has 96 valence electrons. The summed E-state index contributed by atoms with van der Waals surface area (Å²) in [6, 6.07) is 2.39. The molecular weight excluding hydrogens is 229 g/mol. The maximum absolute atomic E-state index is 12.3. The molecule has 0 aliphatic heterocycles. The van der Waals surface area contributed by atoms with Crippen LogP contribution in [0.2, 0.25) is 0 Å². The highest BCUT2D eigenvalue weighted by Gasteiger charge is 2.30. The Balaban J connectivity index is 2.57. The lowest BCUT2D eigenvalue weighted by atomic mass is 9.98. The van der Waals surface area contributed by atoms with Gasteiger partial charge in [0.15, 0.2) is 0 Å². The summed E-state index contributed by atoms with van der Waals surface area (Å²) >= 11 is 0. The van der Waals surface area contributed by atoms with E-state index >= 15 is 0 Å². The summed E-state index contributed by atoms with van der Waals surface area (Å²) in [6.07, 6.45) is -3.47. The van der Waals surface area contributed by atoms with Gasteiger partial charge in [-0.3, -0.25) is 0 Å². The smallest absolute Gasteiger partial charge is 0.370 e. The molecule has 1 heterocycles. The van der Waals surface area contributed by atoms with Crippen LogP contribution in [-0.2, 0) is 6.18 Å². The molecule has 1 aromatic rings. The van der Waals surface area contributed by atoms with Crippen LogP contribution in [0.15, 0.2) is 18.3 Å². The SMILES string of the molecule is CC(C)C(C)CNc1ccc(C(F)(F)F)cn1. The lowest BCUT2D eigenvalue weighted by molar-refractivity contribution is -0.137. The predicted octanol–water partition coefficient (Wildman–Crippen LogP) is 3.80. The zero-order valence-corrected chi connectivity index (χ0v) is 10.2. The molecule has 1 rings (SSSR count). The van der Waals surface area contributed by atoms with E-state index in [0.717, 1.165) is 12.3 Å². The fourth-order valence-corrected chi connectivity index (χ4v) is 1.17. The number of hydrogen-bond donors (Lipinski definition) is 1. The van der Waals surface area contributed by atoms with Crippen molar-refractivity contribution in [1.82, 2.24) is 4.98 Å². The third kappa shape index (κ3) is 4.24. The third-order valence-corrected chi connectivity index (χ3v) is 2.83. The highest BCUT2D eigenvalue weighted by molar-refractivity contribution is 5.36. The number of hydrogen-bond acceptors (Lipinski definition) is 2. The van der Waals surface area contributed by atoms with E-state index < -0.39 is 11.7 Å². The molecule has 0 fully saturated rings. The Hall–Kier alpha value is -1.26. The van der Waals surface area contributed by atoms with Crippen molar-refractivity contribution in [3.8, 4) is 0 Å². The molecule has 1 N–H and O–H groups in total. The molecule has 0 aromatic carbocycles. The van der Waals surface area contributed by atoms with Gasteiger partial charge < -0.3 is 5.32 Å². The van der Waals surface area contributed by atoms with Crippen molar-refractivity contribution in [3.05, 3.63) is 23.9 Å². The standard InChI is InChI=1S/C12H17F3N2/c1-8(2)9(3)6-16-11-5-4-10(7-17-11)12(13,14)15/h4-5,7-9H,6H2,1-3H3,(H,16,17). The van der Waals surface area contributed by atoms with E-state index in [2.05, 4.69) is 31.1 Å². The maximum Gasteiger partial charge on any atom is 0.417 e. The van der Waals surface area contributed by atoms with Crippen molar-refractivity contribution in [1.29, 1.82) is 0 Å². The van der Waals surface area contributed by atoms with Crippen LogP contribution in [0, 0.1) is 11.8 Å². The van der Waals surface area contributed by atoms with Crippen molar-refractivity contribution in [2.75, 3.05) is 11.9 Å². The number of pyridine rings is 1. The van der Waals surface area contributed by atoms with Gasteiger partial charge in [0, 0.05) is 12.7 Å². The molecule has 1 aromatic heterocycles. The molecule has 2 nitrogen and oxygen atoms in total. The summed E-state index contributed by atoms with van der Waals surface area (Å²) in [6.45, 7) is 7.00. The van der Waals surface area contributed by atoms with E-state index in [1.165, 1.54) is 6.07 Å². The van der Waals surface area contributed by atoms with Crippen LogP contribution in [0.4, 0.5) is 19.0 Å². The molecule has 5 heteroatoms. The van der Waals surface area contributed by atoms with Crippen molar-refractivity contribution in [2.45, 2.75) is 26.9 Å². The molecule has 0 aliphatic rings. The van der Waals surface area contributed by atoms with Crippen molar-refractivity contribution < 1.29 is 13.2 Å². The quantitative estimate of drug-likeness (QED) is 0.874. The van der Waals surface area contributed by atoms with E-state index in [4.69, 9.17) is 0 Å². The fourth-order valence-electron chi connectivity index (χ4n) is 1.17. The van der Waals surface area contributed by atoms with Gasteiger partial charge in [-0.1, -0.05) is 20.8 Å². The van der Waals surface area contributed by atoms with E-state index in [9.17, 15) is 13.2 Å². The van der Waals surface area contributed by atoms with Gasteiger partial charge >= 0.3 is 6.18 Å². The topological polar surface area (TPSA) is 24.9 Å². The first-order valence-corrected chi connectivity index (χ1v) is 5.58. The Morgan fingerprint density at radius 3 is 2.29 bits per heavy atom. The van der Waals surface area contributed by atoms with Crippen LogP contribution < -0.4 is 5.32 Å². The van der Waals surface area contributed by atoms with Crippen LogP contribution in [0.25, 0.3) is 0 Å². The van der Waals surface area contributed by atoms with Gasteiger partial charge in [0.05, 0.1) is 5.56 Å². The number of nitrogens with zero attached hydrogens (tertiary/aromatic N) is 1. The van der Waals surface area contributed by atoms with Gasteiger partial charge in [-0.05, 0) is 24.0 Å². The second-order valence-corrected chi connectivity index (χ2v) is 4.53. The van der Waals surface area contributed by atoms with Crippen LogP contribution in [0.1, 0.15) is 26.3 Å². The number of nitrogens with one attached hydrogen (secondary N) is 1. The molecule has 0 saturated carbocycles. The number of halogens is 3. The van der Waals surface area contributed by atoms with Crippen LogP contribution >= 0.6 is 0 Å². The fraction of sp³-hybridized carbons (Fsp3) is 0.583. The Morgan fingerprint density at radius 2 is 1.88 bits per heavy atom. The van der Waals surface area contributed by atoms with Crippen molar-refractivity contribution in [3.63, 3.8) is 0 Å². The zero-order chi connectivity index (χ0) is 13.1. The summed E-state index contributed by atoms with van der Waals surface area (Å²) in [5.41, 5.74) is -0.722. The molecule has 0 spiro atoms. The molecule has 0 aliphatic carbocycles. The summed E-state index contributed by atoms with van der Waals surface area (Å²) in [5, 5.41) is 3.03. The van der Waals surface area contributed by atoms with E-state index in [0.29, 0.717) is 24.2 Å². The second kappa shape index (κ2) is 5.38. The number of alkyl halides is 3. The third-order valence-electron chi connectivity index (χ3n) is 2.83. The van der Waals surface area contributed by atoms with Gasteiger partial charge in [-0.2, -0.15) is 13.2 Å². The van der Waals surface area contributed by atoms with Gasteiger partial charge in [0.2, 0.25) is 0 Å². The normalized spacial score (nSPS) is 13.8. The van der Waals surface area contributed by atoms with Crippen molar-refractivity contribution in [2.24, 2.45) is 11.8 Å². The Labute approximate surface area is 99.3 Å². The number of rotatable bonds is 4. The first-order valence-electron chi connectivity index (χ1n) is 5.58. The largest absolute Gasteiger partial charge is 0.417 e. The van der Waals surface area contributed by atoms with E-state index in [1.807, 2.05) is 0 Å². The first-order chi connectivity index (χ1) is 7.80. The molecule has 0 saturated heterocycles. The molecule has 1 unspecified atom stereocenters. The van der Waals surface area contributed by atoms with Crippen LogP contribution in [0.5, 0.6) is 0 Å². The summed E-state index contributed by atoms with van der Waals surface area (Å²) < 4.78 is 36.8. The highest BCUT2D eigenvalue weighted by atomic mass is 19.4. The maximum atomic E-state index is 12.3. The molecule has 0 radical (unpaired) electrons. The number of aromatic nitrogens is 1. The van der Waals surface area contributed by atoms with Crippen LogP contribution in [0.3, 0.4) is 0 Å². The Morgan fingerprint density at radius 1 is 1.24 bits per heavy atom. The second-order valence-electron chi connectivity index (χ2n) is 4.53. The summed E-state index contributed by atoms with van der Waals surface area (Å²) in [4.78, 5) is 3.75. The van der Waals surface area contributed by atoms with Crippen LogP contribution in [-0.4, -0.2) is 11.5 Å². The van der Waals surface area contributed by atoms with Gasteiger partial charge in [-0.15, -0.1) is 0 Å². The lowest BCUT2D eigenvalue weighted by Crippen LogP contribution is -2.17. The van der Waals surface area contributed by atoms with Gasteiger partial charge in [-0.25, -0.2) is 4.98 Å². The molecule has 17 heavy (non-hydrogen) atoms. The highest BCUT2D eigenvalue weighted by Crippen LogP contribution is 2.28. The molecule has 0 amide bonds. The van der Waals surface area contributed by atoms with E-state index in [1.54, 1.807) is 0 Å². The average molecular weight is 246 g/mol. The predicted molar refractivity (Wildman–Crippen MR) is 61.7 cm³/mol. The molecule has 0 bridgehead atoms.